The highest BCUT2D eigenvalue weighted by Crippen LogP contribution is 2.26. The molecule has 4 nitrogen and oxygen atoms in total. The van der Waals surface area contributed by atoms with E-state index >= 15 is 0 Å². The Hall–Kier alpha value is -0.770. The summed E-state index contributed by atoms with van der Waals surface area (Å²) in [6.45, 7) is 11.3. The summed E-state index contributed by atoms with van der Waals surface area (Å²) in [6, 6.07) is 0. The number of amides is 1. The van der Waals surface area contributed by atoms with Crippen LogP contribution in [0.1, 0.15) is 60.3 Å². The maximum atomic E-state index is 12.1. The first kappa shape index (κ1) is 17.3. The fraction of sp³-hybridized carbons (Fsp3) is 0.938. The summed E-state index contributed by atoms with van der Waals surface area (Å²) in [4.78, 5) is 13.9. The molecule has 1 rings (SSSR count). The molecule has 0 aromatic heterocycles. The van der Waals surface area contributed by atoms with E-state index < -0.39 is 5.60 Å². The van der Waals surface area contributed by atoms with Crippen LogP contribution in [0.25, 0.3) is 0 Å². The van der Waals surface area contributed by atoms with Gasteiger partial charge in [-0.15, -0.1) is 0 Å². The molecule has 1 N–H and O–H groups in total. The lowest BCUT2D eigenvalue weighted by atomic mass is 9.85. The smallest absolute Gasteiger partial charge is 0.410 e. The molecule has 0 aliphatic carbocycles. The molecule has 1 fully saturated rings. The van der Waals surface area contributed by atoms with Gasteiger partial charge < -0.3 is 14.7 Å². The van der Waals surface area contributed by atoms with Gasteiger partial charge >= 0.3 is 6.09 Å². The fourth-order valence-corrected chi connectivity index (χ4v) is 2.87. The summed E-state index contributed by atoms with van der Waals surface area (Å²) < 4.78 is 5.42. The van der Waals surface area contributed by atoms with Crippen molar-refractivity contribution in [2.75, 3.05) is 13.1 Å². The van der Waals surface area contributed by atoms with Crippen LogP contribution in [0.2, 0.25) is 0 Å². The summed E-state index contributed by atoms with van der Waals surface area (Å²) >= 11 is 0. The van der Waals surface area contributed by atoms with Gasteiger partial charge in [-0.3, -0.25) is 0 Å². The van der Waals surface area contributed by atoms with Crippen molar-refractivity contribution >= 4 is 6.09 Å². The van der Waals surface area contributed by atoms with Gasteiger partial charge in [0.25, 0.3) is 0 Å². The van der Waals surface area contributed by atoms with Crippen molar-refractivity contribution in [1.29, 1.82) is 0 Å². The van der Waals surface area contributed by atoms with Crippen molar-refractivity contribution in [2.24, 2.45) is 11.8 Å². The van der Waals surface area contributed by atoms with Crippen LogP contribution < -0.4 is 0 Å². The first-order chi connectivity index (χ1) is 9.23. The highest BCUT2D eigenvalue weighted by molar-refractivity contribution is 5.68. The maximum absolute atomic E-state index is 12.1. The normalized spacial score (nSPS) is 25.4. The van der Waals surface area contributed by atoms with Crippen molar-refractivity contribution in [1.82, 2.24) is 4.90 Å². The number of ether oxygens (including phenoxy) is 1. The van der Waals surface area contributed by atoms with E-state index in [0.29, 0.717) is 25.4 Å². The Morgan fingerprint density at radius 3 is 2.65 bits per heavy atom. The molecular formula is C16H31NO3. The second-order valence-corrected chi connectivity index (χ2v) is 7.17. The van der Waals surface area contributed by atoms with Gasteiger partial charge in [0.1, 0.15) is 5.60 Å². The van der Waals surface area contributed by atoms with Crippen molar-refractivity contribution < 1.29 is 14.6 Å². The quantitative estimate of drug-likeness (QED) is 0.861. The van der Waals surface area contributed by atoms with Gasteiger partial charge in [0.05, 0.1) is 6.10 Å². The Morgan fingerprint density at radius 2 is 2.10 bits per heavy atom. The van der Waals surface area contributed by atoms with Crippen LogP contribution in [0.4, 0.5) is 4.79 Å². The minimum absolute atomic E-state index is 0.179. The van der Waals surface area contributed by atoms with Gasteiger partial charge in [0.15, 0.2) is 0 Å². The number of rotatable bonds is 4. The summed E-state index contributed by atoms with van der Waals surface area (Å²) in [5, 5.41) is 10.1. The minimum Gasteiger partial charge on any atom is -0.444 e. The van der Waals surface area contributed by atoms with Crippen LogP contribution in [-0.2, 0) is 4.74 Å². The number of nitrogens with zero attached hydrogens (tertiary/aromatic N) is 1. The van der Waals surface area contributed by atoms with E-state index in [0.717, 1.165) is 6.42 Å². The van der Waals surface area contributed by atoms with Gasteiger partial charge in [0.2, 0.25) is 0 Å². The van der Waals surface area contributed by atoms with E-state index in [2.05, 4.69) is 13.8 Å². The third-order valence-corrected chi connectivity index (χ3v) is 3.83. The first-order valence-electron chi connectivity index (χ1n) is 7.89. The number of aliphatic hydroxyl groups is 1. The van der Waals surface area contributed by atoms with E-state index in [1.165, 1.54) is 12.8 Å². The van der Waals surface area contributed by atoms with Crippen LogP contribution >= 0.6 is 0 Å². The second kappa shape index (κ2) is 7.30. The van der Waals surface area contributed by atoms with E-state index in [4.69, 9.17) is 4.74 Å². The van der Waals surface area contributed by atoms with E-state index in [-0.39, 0.29) is 18.1 Å². The monoisotopic (exact) mass is 285 g/mol. The van der Waals surface area contributed by atoms with Gasteiger partial charge in [-0.2, -0.15) is 0 Å². The molecule has 118 valence electrons. The molecule has 0 aromatic rings. The average molecular weight is 285 g/mol. The molecule has 1 amide bonds. The van der Waals surface area contributed by atoms with Gasteiger partial charge in [0, 0.05) is 19.0 Å². The van der Waals surface area contributed by atoms with E-state index in [9.17, 15) is 9.90 Å². The zero-order valence-electron chi connectivity index (χ0n) is 13.7. The number of piperidine rings is 1. The number of likely N-dealkylation sites (tertiary alicyclic amines) is 1. The molecule has 3 atom stereocenters. The molecule has 0 radical (unpaired) electrons. The van der Waals surface area contributed by atoms with Gasteiger partial charge in [-0.25, -0.2) is 4.79 Å². The predicted molar refractivity (Wildman–Crippen MR) is 80.6 cm³/mol. The Bertz CT molecular complexity index is 311. The van der Waals surface area contributed by atoms with Crippen molar-refractivity contribution in [2.45, 2.75) is 72.0 Å². The Morgan fingerprint density at radius 1 is 1.45 bits per heavy atom. The lowest BCUT2D eigenvalue weighted by Crippen LogP contribution is -2.48. The molecule has 1 saturated heterocycles. The first-order valence-corrected chi connectivity index (χ1v) is 7.89. The highest BCUT2D eigenvalue weighted by atomic mass is 16.6. The lowest BCUT2D eigenvalue weighted by Gasteiger charge is -2.37. The number of hydrogen-bond acceptors (Lipinski definition) is 3. The molecule has 20 heavy (non-hydrogen) atoms. The lowest BCUT2D eigenvalue weighted by molar-refractivity contribution is -0.0130. The molecule has 3 unspecified atom stereocenters. The van der Waals surface area contributed by atoms with Crippen LogP contribution in [0.15, 0.2) is 0 Å². The summed E-state index contributed by atoms with van der Waals surface area (Å²) in [5.41, 5.74) is -0.460. The molecule has 1 aliphatic heterocycles. The molecular weight excluding hydrogens is 254 g/mol. The van der Waals surface area contributed by atoms with Crippen LogP contribution in [-0.4, -0.2) is 40.9 Å². The zero-order chi connectivity index (χ0) is 15.3. The molecule has 1 heterocycles. The zero-order valence-corrected chi connectivity index (χ0v) is 13.7. The van der Waals surface area contributed by atoms with Crippen molar-refractivity contribution in [3.8, 4) is 0 Å². The Kier molecular flexibility index (Phi) is 6.31. The van der Waals surface area contributed by atoms with Gasteiger partial charge in [-0.05, 0) is 39.5 Å². The summed E-state index contributed by atoms with van der Waals surface area (Å²) in [7, 11) is 0. The van der Waals surface area contributed by atoms with E-state index in [1.807, 2.05) is 20.8 Å². The Balaban J connectivity index is 2.54. The molecule has 0 spiro atoms. The fourth-order valence-electron chi connectivity index (χ4n) is 2.87. The standard InChI is InChI=1S/C16H31NO3/c1-6-7-12(2)10-13-11-17(9-8-14(13)18)15(19)20-16(3,4)5/h12-14,18H,6-11H2,1-5H3. The van der Waals surface area contributed by atoms with Crippen LogP contribution in [0.5, 0.6) is 0 Å². The predicted octanol–water partition coefficient (Wildman–Crippen LogP) is 3.43. The Labute approximate surface area is 123 Å². The second-order valence-electron chi connectivity index (χ2n) is 7.17. The molecule has 0 bridgehead atoms. The molecule has 1 aliphatic rings. The largest absolute Gasteiger partial charge is 0.444 e. The van der Waals surface area contributed by atoms with Crippen molar-refractivity contribution in [3.05, 3.63) is 0 Å². The van der Waals surface area contributed by atoms with Crippen LogP contribution in [0.3, 0.4) is 0 Å². The topological polar surface area (TPSA) is 49.8 Å². The maximum Gasteiger partial charge on any atom is 0.410 e. The SMILES string of the molecule is CCCC(C)CC1CN(C(=O)OC(C)(C)C)CCC1O. The third-order valence-electron chi connectivity index (χ3n) is 3.83. The number of hydrogen-bond donors (Lipinski definition) is 1. The number of carbonyl (C=O) groups is 1. The summed E-state index contributed by atoms with van der Waals surface area (Å²) in [5.74, 6) is 0.774. The summed E-state index contributed by atoms with van der Waals surface area (Å²) in [6.07, 6.45) is 3.44. The highest BCUT2D eigenvalue weighted by Gasteiger charge is 2.33. The molecule has 0 saturated carbocycles. The van der Waals surface area contributed by atoms with Crippen molar-refractivity contribution in [3.63, 3.8) is 0 Å². The van der Waals surface area contributed by atoms with Gasteiger partial charge in [-0.1, -0.05) is 26.7 Å². The van der Waals surface area contributed by atoms with E-state index in [1.54, 1.807) is 4.90 Å². The third kappa shape index (κ3) is 5.70. The number of aliphatic hydroxyl groups excluding tert-OH is 1. The van der Waals surface area contributed by atoms with Crippen LogP contribution in [0, 0.1) is 11.8 Å². The molecule has 0 aromatic carbocycles. The number of carbonyl (C=O) groups excluding carboxylic acids is 1. The molecule has 4 heteroatoms. The minimum atomic E-state index is -0.460. The average Bonchev–Trinajstić information content (AvgIpc) is 2.30.